The van der Waals surface area contributed by atoms with Gasteiger partial charge in [0.1, 0.15) is 12.1 Å². The summed E-state index contributed by atoms with van der Waals surface area (Å²) >= 11 is 0. The molecular weight excluding hydrogens is 392 g/mol. The van der Waals surface area contributed by atoms with Crippen molar-refractivity contribution >= 4 is 11.5 Å². The third-order valence-electron chi connectivity index (χ3n) is 4.64. The molecule has 0 aliphatic carbocycles. The molecular formula is C24H20N4O3. The zero-order valence-electron chi connectivity index (χ0n) is 16.7. The maximum Gasteiger partial charge on any atom is 0.373 e. The van der Waals surface area contributed by atoms with Crippen LogP contribution in [0.1, 0.15) is 11.1 Å². The van der Waals surface area contributed by atoms with Gasteiger partial charge < -0.3 is 9.64 Å². The highest BCUT2D eigenvalue weighted by atomic mass is 16.6. The molecule has 154 valence electrons. The van der Waals surface area contributed by atoms with Crippen LogP contribution in [0.15, 0.2) is 97.3 Å². The van der Waals surface area contributed by atoms with Crippen LogP contribution < -0.4 is 9.64 Å². The first-order valence-electron chi connectivity index (χ1n) is 9.76. The lowest BCUT2D eigenvalue weighted by Crippen LogP contribution is -2.24. The van der Waals surface area contributed by atoms with Gasteiger partial charge in [-0.25, -0.2) is 4.98 Å². The summed E-state index contributed by atoms with van der Waals surface area (Å²) < 4.78 is 5.74. The fourth-order valence-electron chi connectivity index (χ4n) is 3.23. The molecule has 4 aromatic rings. The maximum atomic E-state index is 12.1. The largest absolute Gasteiger partial charge is 0.434 e. The topological polar surface area (TPSA) is 81.4 Å². The Morgan fingerprint density at radius 1 is 0.774 bits per heavy atom. The zero-order chi connectivity index (χ0) is 21.5. The number of nitrogens with zero attached hydrogens (tertiary/aromatic N) is 4. The van der Waals surface area contributed by atoms with Crippen LogP contribution in [0.2, 0.25) is 0 Å². The fraction of sp³-hybridized carbons (Fsp3) is 0.0833. The van der Waals surface area contributed by atoms with E-state index in [4.69, 9.17) is 4.74 Å². The summed E-state index contributed by atoms with van der Waals surface area (Å²) in [5.74, 6) is 0.582. The van der Waals surface area contributed by atoms with Gasteiger partial charge in [-0.15, -0.1) is 0 Å². The SMILES string of the molecule is O=[N+]([O-])c1c(Oc2ccccc2)ncnc1N(Cc1ccccc1)Cc1ccccc1. The Morgan fingerprint density at radius 2 is 1.29 bits per heavy atom. The molecule has 0 aliphatic rings. The minimum atomic E-state index is -0.489. The lowest BCUT2D eigenvalue weighted by Gasteiger charge is -2.24. The summed E-state index contributed by atoms with van der Waals surface area (Å²) in [6.07, 6.45) is 1.30. The first-order valence-corrected chi connectivity index (χ1v) is 9.76. The van der Waals surface area contributed by atoms with Gasteiger partial charge in [-0.3, -0.25) is 10.1 Å². The molecule has 0 unspecified atom stereocenters. The molecule has 7 heteroatoms. The molecule has 0 spiro atoms. The lowest BCUT2D eigenvalue weighted by atomic mass is 10.1. The van der Waals surface area contributed by atoms with Crippen molar-refractivity contribution in [3.05, 3.63) is 119 Å². The quantitative estimate of drug-likeness (QED) is 0.285. The van der Waals surface area contributed by atoms with Gasteiger partial charge in [-0.1, -0.05) is 78.9 Å². The molecule has 3 aromatic carbocycles. The molecule has 0 atom stereocenters. The summed E-state index contributed by atoms with van der Waals surface area (Å²) in [4.78, 5) is 21.8. The molecule has 7 nitrogen and oxygen atoms in total. The molecule has 1 heterocycles. The van der Waals surface area contributed by atoms with Crippen LogP contribution in [0.25, 0.3) is 0 Å². The molecule has 0 bridgehead atoms. The highest BCUT2D eigenvalue weighted by Gasteiger charge is 2.29. The highest BCUT2D eigenvalue weighted by Crippen LogP contribution is 2.37. The second-order valence-electron chi connectivity index (χ2n) is 6.85. The zero-order valence-corrected chi connectivity index (χ0v) is 16.7. The van der Waals surface area contributed by atoms with Crippen LogP contribution in [0.4, 0.5) is 11.5 Å². The number of benzene rings is 3. The predicted molar refractivity (Wildman–Crippen MR) is 118 cm³/mol. The van der Waals surface area contributed by atoms with E-state index in [9.17, 15) is 10.1 Å². The monoisotopic (exact) mass is 412 g/mol. The normalized spacial score (nSPS) is 10.5. The van der Waals surface area contributed by atoms with Gasteiger partial charge in [0, 0.05) is 13.1 Å². The number of hydrogen-bond donors (Lipinski definition) is 0. The highest BCUT2D eigenvalue weighted by molar-refractivity contribution is 5.63. The van der Waals surface area contributed by atoms with Gasteiger partial charge in [0.25, 0.3) is 0 Å². The van der Waals surface area contributed by atoms with Crippen molar-refractivity contribution in [1.82, 2.24) is 9.97 Å². The predicted octanol–water partition coefficient (Wildman–Crippen LogP) is 5.38. The van der Waals surface area contributed by atoms with Gasteiger partial charge in [0.15, 0.2) is 0 Å². The van der Waals surface area contributed by atoms with Gasteiger partial charge in [-0.2, -0.15) is 4.98 Å². The molecule has 0 radical (unpaired) electrons. The average molecular weight is 412 g/mol. The third kappa shape index (κ3) is 5.02. The average Bonchev–Trinajstić information content (AvgIpc) is 2.80. The number of rotatable bonds is 8. The molecule has 0 saturated heterocycles. The van der Waals surface area contributed by atoms with E-state index >= 15 is 0 Å². The molecule has 4 rings (SSSR count). The van der Waals surface area contributed by atoms with Gasteiger partial charge in [0.2, 0.25) is 5.82 Å². The summed E-state index contributed by atoms with van der Waals surface area (Å²) in [5.41, 5.74) is 1.76. The summed E-state index contributed by atoms with van der Waals surface area (Å²) in [5, 5.41) is 12.1. The molecule has 0 fully saturated rings. The second-order valence-corrected chi connectivity index (χ2v) is 6.85. The van der Waals surface area contributed by atoms with Crippen LogP contribution in [-0.4, -0.2) is 14.9 Å². The van der Waals surface area contributed by atoms with E-state index in [1.807, 2.05) is 71.6 Å². The van der Waals surface area contributed by atoms with E-state index in [0.29, 0.717) is 18.8 Å². The van der Waals surface area contributed by atoms with Crippen molar-refractivity contribution in [1.29, 1.82) is 0 Å². The van der Waals surface area contributed by atoms with Crippen molar-refractivity contribution < 1.29 is 9.66 Å². The Hall–Kier alpha value is -4.26. The van der Waals surface area contributed by atoms with E-state index in [2.05, 4.69) is 9.97 Å². The number of aromatic nitrogens is 2. The number of hydrogen-bond acceptors (Lipinski definition) is 6. The molecule has 0 N–H and O–H groups in total. The van der Waals surface area contributed by atoms with Crippen LogP contribution in [0.3, 0.4) is 0 Å². The third-order valence-corrected chi connectivity index (χ3v) is 4.64. The fourth-order valence-corrected chi connectivity index (χ4v) is 3.23. The molecule has 1 aromatic heterocycles. The summed E-state index contributed by atoms with van der Waals surface area (Å²) in [6, 6.07) is 28.4. The summed E-state index contributed by atoms with van der Waals surface area (Å²) in [7, 11) is 0. The number of anilines is 1. The smallest absolute Gasteiger partial charge is 0.373 e. The van der Waals surface area contributed by atoms with Gasteiger partial charge >= 0.3 is 11.6 Å². The Morgan fingerprint density at radius 3 is 1.81 bits per heavy atom. The minimum Gasteiger partial charge on any atom is -0.434 e. The van der Waals surface area contributed by atoms with Crippen molar-refractivity contribution in [3.8, 4) is 11.6 Å². The molecule has 31 heavy (non-hydrogen) atoms. The number of ether oxygens (including phenoxy) is 1. The first-order chi connectivity index (χ1) is 15.2. The molecule has 0 amide bonds. The van der Waals surface area contributed by atoms with Crippen LogP contribution >= 0.6 is 0 Å². The van der Waals surface area contributed by atoms with E-state index in [0.717, 1.165) is 11.1 Å². The van der Waals surface area contributed by atoms with Crippen molar-refractivity contribution in [2.45, 2.75) is 13.1 Å². The van der Waals surface area contributed by atoms with E-state index in [1.165, 1.54) is 6.33 Å². The van der Waals surface area contributed by atoms with E-state index in [-0.39, 0.29) is 17.4 Å². The van der Waals surface area contributed by atoms with Crippen molar-refractivity contribution in [2.75, 3.05) is 4.90 Å². The Labute approximate surface area is 179 Å². The minimum absolute atomic E-state index is 0.0904. The lowest BCUT2D eigenvalue weighted by molar-refractivity contribution is -0.385. The maximum absolute atomic E-state index is 12.1. The standard InChI is InChI=1S/C24H20N4O3/c29-28(30)22-23(25-18-26-24(22)31-21-14-8-3-9-15-21)27(16-19-10-4-1-5-11-19)17-20-12-6-2-7-13-20/h1-15,18H,16-17H2. The number of para-hydroxylation sites is 1. The molecule has 0 saturated carbocycles. The van der Waals surface area contributed by atoms with Crippen molar-refractivity contribution in [3.63, 3.8) is 0 Å². The first kappa shape index (κ1) is 20.0. The van der Waals surface area contributed by atoms with Gasteiger partial charge in [-0.05, 0) is 23.3 Å². The Kier molecular flexibility index (Phi) is 6.13. The van der Waals surface area contributed by atoms with Crippen LogP contribution in [0.5, 0.6) is 11.6 Å². The van der Waals surface area contributed by atoms with Crippen LogP contribution in [-0.2, 0) is 13.1 Å². The second kappa shape index (κ2) is 9.49. The van der Waals surface area contributed by atoms with E-state index in [1.54, 1.807) is 24.3 Å². The van der Waals surface area contributed by atoms with Crippen molar-refractivity contribution in [2.24, 2.45) is 0 Å². The Balaban J connectivity index is 1.75. The van der Waals surface area contributed by atoms with E-state index < -0.39 is 4.92 Å². The Bertz CT molecular complexity index is 1100. The number of nitro groups is 1. The van der Waals surface area contributed by atoms with Crippen LogP contribution in [0, 0.1) is 10.1 Å². The summed E-state index contributed by atoms with van der Waals surface area (Å²) in [6.45, 7) is 0.886. The molecule has 0 aliphatic heterocycles. The van der Waals surface area contributed by atoms with Gasteiger partial charge in [0.05, 0.1) is 4.92 Å².